The van der Waals surface area contributed by atoms with Crippen LogP contribution in [0, 0.1) is 5.92 Å². The highest BCUT2D eigenvalue weighted by Gasteiger charge is 2.22. The first kappa shape index (κ1) is 38.6. The smallest absolute Gasteiger partial charge is 0.0561 e. The van der Waals surface area contributed by atoms with Gasteiger partial charge >= 0.3 is 0 Å². The Kier molecular flexibility index (Phi) is 9.64. The van der Waals surface area contributed by atoms with E-state index in [1.165, 1.54) is 61.2 Å². The van der Waals surface area contributed by atoms with Gasteiger partial charge in [0.15, 0.2) is 0 Å². The van der Waals surface area contributed by atoms with Crippen molar-refractivity contribution < 1.29 is 0 Å². The van der Waals surface area contributed by atoms with Gasteiger partial charge in [0.1, 0.15) is 0 Å². The van der Waals surface area contributed by atoms with Gasteiger partial charge in [0.05, 0.1) is 22.6 Å². The van der Waals surface area contributed by atoms with Crippen LogP contribution in [0.4, 0.5) is 34.1 Å². The fourth-order valence-corrected chi connectivity index (χ4v) is 10.3. The van der Waals surface area contributed by atoms with Crippen molar-refractivity contribution in [2.24, 2.45) is 5.92 Å². The third kappa shape index (κ3) is 6.86. The summed E-state index contributed by atoms with van der Waals surface area (Å²) in [4.78, 5) is 4.75. The molecule has 9 aromatic carbocycles. The molecule has 4 heteroatoms. The minimum Gasteiger partial charge on any atom is -0.333 e. The fraction of sp³-hybridized carbons (Fsp3) is 0.0820. The van der Waals surface area contributed by atoms with Crippen LogP contribution in [0.15, 0.2) is 237 Å². The molecule has 2 atom stereocenters. The molecule has 0 spiro atoms. The lowest BCUT2D eigenvalue weighted by Crippen LogP contribution is -2.13. The second kappa shape index (κ2) is 16.2. The molecule has 0 radical (unpaired) electrons. The molecule has 312 valence electrons. The maximum atomic E-state index is 2.58. The second-order valence-corrected chi connectivity index (χ2v) is 17.4. The van der Waals surface area contributed by atoms with Gasteiger partial charge in [-0.2, -0.15) is 0 Å². The third-order valence-corrected chi connectivity index (χ3v) is 13.4. The van der Waals surface area contributed by atoms with Gasteiger partial charge in [0.2, 0.25) is 0 Å². The zero-order valence-electron chi connectivity index (χ0n) is 36.4. The van der Waals surface area contributed by atoms with E-state index in [0.29, 0.717) is 12.0 Å². The van der Waals surface area contributed by atoms with E-state index in [-0.39, 0.29) is 0 Å². The van der Waals surface area contributed by atoms with Crippen molar-refractivity contribution >= 4 is 77.7 Å². The van der Waals surface area contributed by atoms with Crippen molar-refractivity contribution in [1.82, 2.24) is 9.13 Å². The molecule has 0 fully saturated rings. The molecule has 12 rings (SSSR count). The molecule has 4 nitrogen and oxygen atoms in total. The van der Waals surface area contributed by atoms with Crippen molar-refractivity contribution in [2.75, 3.05) is 9.80 Å². The van der Waals surface area contributed by atoms with E-state index in [0.717, 1.165) is 46.2 Å². The van der Waals surface area contributed by atoms with Crippen LogP contribution in [0.5, 0.6) is 0 Å². The number of anilines is 6. The molecular weight excluding hydrogens is 789 g/mol. The Labute approximate surface area is 380 Å². The molecule has 2 heterocycles. The maximum Gasteiger partial charge on any atom is 0.0561 e. The molecule has 0 aliphatic heterocycles. The Morgan fingerprint density at radius 3 is 1.34 bits per heavy atom. The van der Waals surface area contributed by atoms with E-state index in [1.807, 2.05) is 0 Å². The van der Waals surface area contributed by atoms with Crippen molar-refractivity contribution in [3.05, 3.63) is 237 Å². The zero-order valence-corrected chi connectivity index (χ0v) is 36.4. The predicted octanol–water partition coefficient (Wildman–Crippen LogP) is 17.0. The van der Waals surface area contributed by atoms with E-state index in [9.17, 15) is 0 Å². The lowest BCUT2D eigenvalue weighted by Gasteiger charge is -2.27. The van der Waals surface area contributed by atoms with Crippen LogP contribution in [0.25, 0.3) is 60.4 Å². The van der Waals surface area contributed by atoms with Gasteiger partial charge in [0, 0.05) is 66.9 Å². The van der Waals surface area contributed by atoms with Crippen molar-refractivity contribution in [2.45, 2.75) is 25.8 Å². The van der Waals surface area contributed by atoms with Crippen molar-refractivity contribution in [3.8, 4) is 16.8 Å². The predicted molar refractivity (Wildman–Crippen MR) is 275 cm³/mol. The summed E-state index contributed by atoms with van der Waals surface area (Å²) in [7, 11) is 0. The zero-order chi connectivity index (χ0) is 43.3. The summed E-state index contributed by atoms with van der Waals surface area (Å²) >= 11 is 0. The number of fused-ring (bicyclic) bond motifs is 6. The van der Waals surface area contributed by atoms with Crippen LogP contribution < -0.4 is 9.80 Å². The summed E-state index contributed by atoms with van der Waals surface area (Å²) in [6.07, 6.45) is 7.17. The molecule has 0 bridgehead atoms. The average molecular weight is 837 g/mol. The van der Waals surface area contributed by atoms with Gasteiger partial charge in [-0.3, -0.25) is 0 Å². The van der Waals surface area contributed by atoms with Gasteiger partial charge in [-0.15, -0.1) is 0 Å². The van der Waals surface area contributed by atoms with Crippen LogP contribution in [-0.2, 0) is 0 Å². The number of hydrogen-bond donors (Lipinski definition) is 0. The van der Waals surface area contributed by atoms with Crippen LogP contribution in [-0.4, -0.2) is 9.13 Å². The number of rotatable bonds is 9. The Morgan fingerprint density at radius 1 is 0.354 bits per heavy atom. The number of aromatic nitrogens is 2. The summed E-state index contributed by atoms with van der Waals surface area (Å²) in [5.74, 6) is 0.620. The Balaban J connectivity index is 0.906. The molecule has 0 saturated carbocycles. The number of para-hydroxylation sites is 5. The normalized spacial score (nSPS) is 15.0. The molecule has 0 N–H and O–H groups in total. The van der Waals surface area contributed by atoms with Gasteiger partial charge < -0.3 is 18.9 Å². The largest absolute Gasteiger partial charge is 0.333 e. The first-order chi connectivity index (χ1) is 32.2. The summed E-state index contributed by atoms with van der Waals surface area (Å²) < 4.78 is 4.96. The minimum atomic E-state index is 0.329. The number of hydrogen-bond acceptors (Lipinski definition) is 2. The average Bonchev–Trinajstić information content (AvgIpc) is 3.88. The standard InChI is InChI=1S/C61H48N4/c1-43-25-31-51(32-26-43)65-59-24-14-12-22-55(59)57-40-38-53(42-61(57)65)63(47-17-7-3-8-18-47)50-35-29-45(30-36-50)44-27-33-49(34-28-44)62(46-15-5-2-6-16-46)52-37-39-56-54-21-11-13-23-58(54)64(60(56)41-52)48-19-9-4-10-20-48/h2-25,27-31,33-43,51H,26,32H2,1H3. The van der Waals surface area contributed by atoms with Crippen molar-refractivity contribution in [3.63, 3.8) is 0 Å². The first-order valence-corrected chi connectivity index (χ1v) is 22.9. The SMILES string of the molecule is CC1C=CC(n2c3ccccc3c3ccc(N(c4ccccc4)c4ccc(-c5ccc(N(c6ccccc6)c6ccc7c8ccccc8n(-c8ccccc8)c7c6)cc5)cc4)cc32)CC1. The summed E-state index contributed by atoms with van der Waals surface area (Å²) in [5, 5.41) is 5.09. The molecule has 2 unspecified atom stereocenters. The molecule has 2 aromatic heterocycles. The van der Waals surface area contributed by atoms with E-state index in [2.05, 4.69) is 262 Å². The van der Waals surface area contributed by atoms with E-state index >= 15 is 0 Å². The second-order valence-electron chi connectivity index (χ2n) is 17.4. The number of nitrogens with zero attached hydrogens (tertiary/aromatic N) is 4. The molecule has 11 aromatic rings. The van der Waals surface area contributed by atoms with Crippen LogP contribution in [0.3, 0.4) is 0 Å². The van der Waals surface area contributed by atoms with Gasteiger partial charge in [0.25, 0.3) is 0 Å². The summed E-state index contributed by atoms with van der Waals surface area (Å²) in [6, 6.07) is 82.0. The van der Waals surface area contributed by atoms with E-state index < -0.39 is 0 Å². The third-order valence-electron chi connectivity index (χ3n) is 13.4. The van der Waals surface area contributed by atoms with Gasteiger partial charge in [-0.05, 0) is 127 Å². The maximum absolute atomic E-state index is 2.58. The monoisotopic (exact) mass is 836 g/mol. The van der Waals surface area contributed by atoms with Crippen molar-refractivity contribution in [1.29, 1.82) is 0 Å². The van der Waals surface area contributed by atoms with Gasteiger partial charge in [-0.25, -0.2) is 0 Å². The summed E-state index contributed by atoms with van der Waals surface area (Å²) in [5.41, 5.74) is 15.1. The number of benzene rings is 9. The van der Waals surface area contributed by atoms with Crippen LogP contribution >= 0.6 is 0 Å². The highest BCUT2D eigenvalue weighted by Crippen LogP contribution is 2.43. The molecule has 1 aliphatic rings. The lowest BCUT2D eigenvalue weighted by atomic mass is 9.94. The molecule has 0 saturated heterocycles. The Hall–Kier alpha value is -8.08. The highest BCUT2D eigenvalue weighted by molar-refractivity contribution is 6.11. The quantitative estimate of drug-likeness (QED) is 0.135. The molecule has 1 aliphatic carbocycles. The molecule has 0 amide bonds. The Morgan fingerprint density at radius 2 is 0.785 bits per heavy atom. The van der Waals surface area contributed by atoms with E-state index in [1.54, 1.807) is 0 Å². The first-order valence-electron chi connectivity index (χ1n) is 22.9. The highest BCUT2D eigenvalue weighted by atomic mass is 15.2. The Bertz CT molecular complexity index is 3490. The minimum absolute atomic E-state index is 0.329. The van der Waals surface area contributed by atoms with Crippen LogP contribution in [0.2, 0.25) is 0 Å². The topological polar surface area (TPSA) is 16.3 Å². The van der Waals surface area contributed by atoms with Gasteiger partial charge in [-0.1, -0.05) is 146 Å². The summed E-state index contributed by atoms with van der Waals surface area (Å²) in [6.45, 7) is 2.32. The number of allylic oxidation sites excluding steroid dienone is 2. The molecule has 65 heavy (non-hydrogen) atoms. The fourth-order valence-electron chi connectivity index (χ4n) is 10.3. The van der Waals surface area contributed by atoms with E-state index in [4.69, 9.17) is 0 Å². The lowest BCUT2D eigenvalue weighted by molar-refractivity contribution is 0.479. The molecular formula is C61H48N4. The van der Waals surface area contributed by atoms with Crippen LogP contribution in [0.1, 0.15) is 25.8 Å².